The molecule has 1 aromatic heterocycles. The van der Waals surface area contributed by atoms with E-state index in [0.29, 0.717) is 41.7 Å². The third kappa shape index (κ3) is 5.20. The first-order valence-corrected chi connectivity index (χ1v) is 15.4. The molecule has 0 unspecified atom stereocenters. The van der Waals surface area contributed by atoms with Crippen molar-refractivity contribution in [3.63, 3.8) is 0 Å². The number of amides is 1. The van der Waals surface area contributed by atoms with E-state index in [1.54, 1.807) is 4.57 Å². The number of para-hydroxylation sites is 1. The number of thiazole rings is 1. The van der Waals surface area contributed by atoms with Gasteiger partial charge in [-0.05, 0) is 48.7 Å². The highest BCUT2D eigenvalue weighted by Crippen LogP contribution is 2.36. The number of ether oxygens (including phenoxy) is 3. The van der Waals surface area contributed by atoms with E-state index in [-0.39, 0.29) is 29.4 Å². The molecule has 0 atom stereocenters. The molecule has 0 bridgehead atoms. The van der Waals surface area contributed by atoms with Crippen LogP contribution in [0.25, 0.3) is 10.2 Å². The molecule has 0 fully saturated rings. The number of methoxy groups -OCH3 is 1. The summed E-state index contributed by atoms with van der Waals surface area (Å²) in [6, 6.07) is 17.0. The number of hydrogen-bond acceptors (Lipinski definition) is 8. The maximum absolute atomic E-state index is 13.5. The maximum Gasteiger partial charge on any atom is 0.307 e. The van der Waals surface area contributed by atoms with E-state index < -0.39 is 15.9 Å². The second-order valence-corrected chi connectivity index (χ2v) is 12.4. The smallest absolute Gasteiger partial charge is 0.307 e. The molecule has 0 aliphatic carbocycles. The molecule has 0 radical (unpaired) electrons. The lowest BCUT2D eigenvalue weighted by molar-refractivity contribution is -0.140. The zero-order valence-corrected chi connectivity index (χ0v) is 23.9. The molecule has 2 aliphatic rings. The average Bonchev–Trinajstić information content (AvgIpc) is 3.33. The van der Waals surface area contributed by atoms with Gasteiger partial charge in [0, 0.05) is 30.8 Å². The van der Waals surface area contributed by atoms with E-state index in [1.807, 2.05) is 36.4 Å². The topological polar surface area (TPSA) is 117 Å². The van der Waals surface area contributed by atoms with Crippen LogP contribution >= 0.6 is 11.3 Å². The van der Waals surface area contributed by atoms with Crippen molar-refractivity contribution in [1.29, 1.82) is 0 Å². The minimum Gasteiger partial charge on any atom is -0.486 e. The van der Waals surface area contributed by atoms with Gasteiger partial charge in [0.2, 0.25) is 0 Å². The largest absolute Gasteiger partial charge is 0.486 e. The Kier molecular flexibility index (Phi) is 7.26. The van der Waals surface area contributed by atoms with Crippen LogP contribution in [0.5, 0.6) is 11.5 Å². The summed E-state index contributed by atoms with van der Waals surface area (Å²) in [5, 5.41) is 0. The van der Waals surface area contributed by atoms with Gasteiger partial charge in [-0.3, -0.25) is 13.9 Å². The number of nitrogens with zero attached hydrogens (tertiary/aromatic N) is 3. The van der Waals surface area contributed by atoms with E-state index in [4.69, 9.17) is 14.2 Å². The molecule has 2 aliphatic heterocycles. The number of anilines is 1. The summed E-state index contributed by atoms with van der Waals surface area (Å²) in [6.45, 7) is 1.51. The van der Waals surface area contributed by atoms with Gasteiger partial charge in [-0.2, -0.15) is 4.99 Å². The molecular weight excluding hydrogens is 566 g/mol. The fraction of sp³-hybridized carbons (Fsp3) is 0.276. The molecular formula is C29H27N3O7S2. The van der Waals surface area contributed by atoms with Crippen molar-refractivity contribution in [3.05, 3.63) is 76.6 Å². The minimum absolute atomic E-state index is 0.0876. The first-order chi connectivity index (χ1) is 19.8. The van der Waals surface area contributed by atoms with Gasteiger partial charge < -0.3 is 18.8 Å². The molecule has 12 heteroatoms. The quantitative estimate of drug-likeness (QED) is 0.311. The first-order valence-electron chi connectivity index (χ1n) is 13.1. The van der Waals surface area contributed by atoms with Crippen LogP contribution in [-0.2, 0) is 32.5 Å². The van der Waals surface area contributed by atoms with Gasteiger partial charge in [0.25, 0.3) is 15.9 Å². The van der Waals surface area contributed by atoms with Gasteiger partial charge in [-0.15, -0.1) is 0 Å². The molecule has 1 amide bonds. The summed E-state index contributed by atoms with van der Waals surface area (Å²) in [7, 11) is -2.48. The van der Waals surface area contributed by atoms with Gasteiger partial charge in [-0.1, -0.05) is 29.5 Å². The van der Waals surface area contributed by atoms with Crippen LogP contribution in [0.4, 0.5) is 5.69 Å². The highest BCUT2D eigenvalue weighted by molar-refractivity contribution is 7.92. The maximum atomic E-state index is 13.5. The highest BCUT2D eigenvalue weighted by Gasteiger charge is 2.29. The number of hydrogen-bond donors (Lipinski definition) is 0. The second kappa shape index (κ2) is 11.0. The Balaban J connectivity index is 1.32. The Labute approximate surface area is 240 Å². The zero-order chi connectivity index (χ0) is 28.6. The molecule has 10 nitrogen and oxygen atoms in total. The van der Waals surface area contributed by atoms with Gasteiger partial charge in [0.1, 0.15) is 13.2 Å². The van der Waals surface area contributed by atoms with Crippen LogP contribution < -0.4 is 18.6 Å². The van der Waals surface area contributed by atoms with Crippen LogP contribution in [0.3, 0.4) is 0 Å². The zero-order valence-electron chi connectivity index (χ0n) is 22.2. The number of aromatic nitrogens is 1. The van der Waals surface area contributed by atoms with Crippen LogP contribution in [0.1, 0.15) is 28.8 Å². The fourth-order valence-electron chi connectivity index (χ4n) is 5.01. The van der Waals surface area contributed by atoms with Crippen LogP contribution in [0.2, 0.25) is 0 Å². The van der Waals surface area contributed by atoms with E-state index >= 15 is 0 Å². The fourth-order valence-corrected chi connectivity index (χ4v) is 7.62. The highest BCUT2D eigenvalue weighted by atomic mass is 32.2. The summed E-state index contributed by atoms with van der Waals surface area (Å²) >= 11 is 1.28. The van der Waals surface area contributed by atoms with Crippen LogP contribution in [0.15, 0.2) is 70.6 Å². The molecule has 0 saturated carbocycles. The standard InChI is InChI=1S/C29H27N3O7S2/c1-37-27(33)12-14-31-23-17-24-25(39-16-15-38-24)18-26(23)40-29(31)30-28(34)20-8-10-21(11-9-20)41(35,36)32-13-4-6-19-5-2-3-7-22(19)32/h2-3,5,7-11,17-18H,4,6,12-16H2,1H3. The van der Waals surface area contributed by atoms with Crippen molar-refractivity contribution in [2.45, 2.75) is 30.7 Å². The first kappa shape index (κ1) is 27.0. The lowest BCUT2D eigenvalue weighted by Gasteiger charge is -2.30. The van der Waals surface area contributed by atoms with Crippen LogP contribution in [-0.4, -0.2) is 51.7 Å². The van der Waals surface area contributed by atoms with Crippen molar-refractivity contribution >= 4 is 49.1 Å². The summed E-state index contributed by atoms with van der Waals surface area (Å²) < 4.78 is 47.2. The minimum atomic E-state index is -3.81. The van der Waals surface area contributed by atoms with E-state index in [0.717, 1.165) is 28.6 Å². The van der Waals surface area contributed by atoms with Crippen molar-refractivity contribution in [2.24, 2.45) is 4.99 Å². The van der Waals surface area contributed by atoms with E-state index in [2.05, 4.69) is 4.99 Å². The molecule has 0 spiro atoms. The number of esters is 1. The van der Waals surface area contributed by atoms with Crippen LogP contribution in [0, 0.1) is 0 Å². The van der Waals surface area contributed by atoms with Crippen molar-refractivity contribution in [3.8, 4) is 11.5 Å². The van der Waals surface area contributed by atoms with Crippen molar-refractivity contribution < 1.29 is 32.2 Å². The average molecular weight is 594 g/mol. The molecule has 0 saturated heterocycles. The number of aryl methyl sites for hydroxylation is 2. The van der Waals surface area contributed by atoms with Gasteiger partial charge in [-0.25, -0.2) is 8.42 Å². The van der Waals surface area contributed by atoms with Gasteiger partial charge in [0.15, 0.2) is 16.3 Å². The van der Waals surface area contributed by atoms with E-state index in [9.17, 15) is 18.0 Å². The van der Waals surface area contributed by atoms with Crippen molar-refractivity contribution in [1.82, 2.24) is 4.57 Å². The Bertz CT molecular complexity index is 1830. The monoisotopic (exact) mass is 593 g/mol. The Morgan fingerprint density at radius 3 is 2.51 bits per heavy atom. The molecule has 212 valence electrons. The molecule has 41 heavy (non-hydrogen) atoms. The number of carbonyl (C=O) groups is 2. The van der Waals surface area contributed by atoms with Gasteiger partial charge in [0.05, 0.1) is 34.3 Å². The normalized spacial score (nSPS) is 15.0. The molecule has 3 heterocycles. The van der Waals surface area contributed by atoms with Gasteiger partial charge >= 0.3 is 5.97 Å². The molecule has 6 rings (SSSR count). The Hall–Kier alpha value is -4.16. The predicted molar refractivity (Wildman–Crippen MR) is 153 cm³/mol. The van der Waals surface area contributed by atoms with E-state index in [1.165, 1.54) is 47.0 Å². The SMILES string of the molecule is COC(=O)CCn1c(=NC(=O)c2ccc(S(=O)(=O)N3CCCc4ccccc43)cc2)sc2cc3c(cc21)OCCO3. The molecule has 4 aromatic rings. The molecule has 0 N–H and O–H groups in total. The van der Waals surface area contributed by atoms with Crippen molar-refractivity contribution in [2.75, 3.05) is 31.2 Å². The Morgan fingerprint density at radius 1 is 1.02 bits per heavy atom. The summed E-state index contributed by atoms with van der Waals surface area (Å²) in [5.41, 5.74) is 2.67. The number of benzene rings is 3. The number of rotatable bonds is 6. The predicted octanol–water partition coefficient (Wildman–Crippen LogP) is 3.92. The lowest BCUT2D eigenvalue weighted by Crippen LogP contribution is -2.35. The summed E-state index contributed by atoms with van der Waals surface area (Å²) in [6.07, 6.45) is 1.65. The molecule has 3 aromatic carbocycles. The number of sulfonamides is 1. The lowest BCUT2D eigenvalue weighted by atomic mass is 10.0. The summed E-state index contributed by atoms with van der Waals surface area (Å²) in [4.78, 5) is 30.0. The second-order valence-electron chi connectivity index (χ2n) is 9.58. The Morgan fingerprint density at radius 2 is 1.76 bits per heavy atom. The third-order valence-electron chi connectivity index (χ3n) is 7.07. The summed E-state index contributed by atoms with van der Waals surface area (Å²) in [5.74, 6) is 0.267. The number of fused-ring (bicyclic) bond motifs is 3. The third-order valence-corrected chi connectivity index (χ3v) is 9.94. The number of carbonyl (C=O) groups excluding carboxylic acids is 2.